The Bertz CT molecular complexity index is 1730. The molecule has 4 aromatic carbocycles. The van der Waals surface area contributed by atoms with Crippen molar-refractivity contribution in [3.63, 3.8) is 0 Å². The lowest BCUT2D eigenvalue weighted by Crippen LogP contribution is -2.44. The van der Waals surface area contributed by atoms with E-state index in [2.05, 4.69) is 6.58 Å². The minimum atomic E-state index is -4.44. The monoisotopic (exact) mass is 618 g/mol. The minimum Gasteiger partial charge on any atom is -0.496 e. The van der Waals surface area contributed by atoms with Crippen LogP contribution in [-0.4, -0.2) is 42.2 Å². The van der Waals surface area contributed by atoms with E-state index in [-0.39, 0.29) is 22.6 Å². The van der Waals surface area contributed by atoms with Gasteiger partial charge in [-0.05, 0) is 42.2 Å². The number of hydrogen-bond donors (Lipinski definition) is 0. The Morgan fingerprint density at radius 2 is 1.14 bits per heavy atom. The SMILES string of the molecule is C=C1CC(S(=O)(=O)c2ccccc2)(S(=O)(=O)c2ccccc2)C[C@H]1[C@@H](c1ccccc1)c1c(OC)cc(OC)cc1OC. The molecule has 0 radical (unpaired) electrons. The first-order chi connectivity index (χ1) is 20.6. The Morgan fingerprint density at radius 1 is 0.698 bits per heavy atom. The van der Waals surface area contributed by atoms with E-state index < -0.39 is 35.6 Å². The maximum Gasteiger partial charge on any atom is 0.199 e. The zero-order valence-electron chi connectivity index (χ0n) is 24.3. The Hall–Kier alpha value is -4.08. The van der Waals surface area contributed by atoms with Crippen molar-refractivity contribution in [1.29, 1.82) is 0 Å². The summed E-state index contributed by atoms with van der Waals surface area (Å²) < 4.78 is 73.3. The summed E-state index contributed by atoms with van der Waals surface area (Å²) in [5, 5.41) is 0. The summed E-state index contributed by atoms with van der Waals surface area (Å²) in [7, 11) is -4.28. The maximum absolute atomic E-state index is 14.6. The first-order valence-electron chi connectivity index (χ1n) is 13.7. The summed E-state index contributed by atoms with van der Waals surface area (Å²) in [5.74, 6) is 0.278. The molecule has 5 rings (SSSR count). The molecule has 0 bridgehead atoms. The zero-order valence-corrected chi connectivity index (χ0v) is 25.9. The minimum absolute atomic E-state index is 0.0566. The van der Waals surface area contributed by atoms with Crippen LogP contribution >= 0.6 is 0 Å². The molecule has 0 heterocycles. The van der Waals surface area contributed by atoms with Crippen LogP contribution in [0.4, 0.5) is 0 Å². The van der Waals surface area contributed by atoms with Crippen molar-refractivity contribution in [2.24, 2.45) is 5.92 Å². The second-order valence-electron chi connectivity index (χ2n) is 10.5. The van der Waals surface area contributed by atoms with Crippen LogP contribution in [-0.2, 0) is 19.7 Å². The van der Waals surface area contributed by atoms with Gasteiger partial charge in [0, 0.05) is 30.0 Å². The van der Waals surface area contributed by atoms with Crippen molar-refractivity contribution in [2.45, 2.75) is 32.6 Å². The topological polar surface area (TPSA) is 96.0 Å². The largest absolute Gasteiger partial charge is 0.496 e. The van der Waals surface area contributed by atoms with Gasteiger partial charge >= 0.3 is 0 Å². The molecule has 0 N–H and O–H groups in total. The van der Waals surface area contributed by atoms with Crippen LogP contribution in [0.3, 0.4) is 0 Å². The third-order valence-electron chi connectivity index (χ3n) is 8.26. The van der Waals surface area contributed by atoms with Crippen molar-refractivity contribution in [2.75, 3.05) is 21.3 Å². The van der Waals surface area contributed by atoms with Crippen LogP contribution in [0.5, 0.6) is 17.2 Å². The van der Waals surface area contributed by atoms with Gasteiger partial charge in [0.2, 0.25) is 0 Å². The van der Waals surface area contributed by atoms with Gasteiger partial charge in [0.05, 0.1) is 31.1 Å². The van der Waals surface area contributed by atoms with Crippen molar-refractivity contribution in [3.05, 3.63) is 126 Å². The molecule has 7 nitrogen and oxygen atoms in total. The normalized spacial score (nSPS) is 17.3. The standard InChI is InChI=1S/C34H34O7S2/c1-24-22-34(42(35,36)27-16-10-6-11-17-27,43(37,38)28-18-12-7-13-19-28)23-29(24)32(25-14-8-5-9-15-25)33-30(40-3)20-26(39-2)21-31(33)41-4/h5-21,29,32H,1,22-23H2,2-4H3/t29-,32-/m1/s1. The predicted octanol–water partition coefficient (Wildman–Crippen LogP) is 6.45. The van der Waals surface area contributed by atoms with Gasteiger partial charge in [-0.15, -0.1) is 0 Å². The number of benzene rings is 4. The molecule has 0 amide bonds. The van der Waals surface area contributed by atoms with Gasteiger partial charge in [0.1, 0.15) is 17.2 Å². The van der Waals surface area contributed by atoms with Gasteiger partial charge < -0.3 is 14.2 Å². The lowest BCUT2D eigenvalue weighted by atomic mass is 9.77. The Labute approximate surface area is 253 Å². The second kappa shape index (κ2) is 11.9. The van der Waals surface area contributed by atoms with Crippen LogP contribution in [0.25, 0.3) is 0 Å². The fraction of sp³-hybridized carbons (Fsp3) is 0.235. The average molecular weight is 619 g/mol. The van der Waals surface area contributed by atoms with Crippen LogP contribution in [0, 0.1) is 5.92 Å². The van der Waals surface area contributed by atoms with Crippen molar-refractivity contribution in [3.8, 4) is 17.2 Å². The number of methoxy groups -OCH3 is 3. The molecule has 0 aromatic heterocycles. The molecule has 1 aliphatic rings. The van der Waals surface area contributed by atoms with Gasteiger partial charge in [0.25, 0.3) is 0 Å². The molecule has 2 atom stereocenters. The molecule has 1 fully saturated rings. The van der Waals surface area contributed by atoms with E-state index in [1.807, 2.05) is 30.3 Å². The molecule has 0 saturated heterocycles. The molecule has 43 heavy (non-hydrogen) atoms. The lowest BCUT2D eigenvalue weighted by molar-refractivity contribution is 0.360. The first kappa shape index (κ1) is 30.4. The molecule has 9 heteroatoms. The number of ether oxygens (including phenoxy) is 3. The van der Waals surface area contributed by atoms with E-state index in [1.54, 1.807) is 55.6 Å². The Morgan fingerprint density at radius 3 is 1.56 bits per heavy atom. The van der Waals surface area contributed by atoms with Crippen LogP contribution in [0.2, 0.25) is 0 Å². The van der Waals surface area contributed by atoms with E-state index in [4.69, 9.17) is 14.2 Å². The summed E-state index contributed by atoms with van der Waals surface area (Å²) in [6.45, 7) is 4.33. The molecule has 1 saturated carbocycles. The molecule has 4 aromatic rings. The molecular weight excluding hydrogens is 585 g/mol. The predicted molar refractivity (Wildman–Crippen MR) is 166 cm³/mol. The summed E-state index contributed by atoms with van der Waals surface area (Å²) in [5.41, 5.74) is 1.99. The average Bonchev–Trinajstić information content (AvgIpc) is 3.41. The third kappa shape index (κ3) is 5.10. The van der Waals surface area contributed by atoms with Gasteiger partial charge in [-0.1, -0.05) is 78.9 Å². The third-order valence-corrected chi connectivity index (χ3v) is 13.9. The fourth-order valence-electron chi connectivity index (χ4n) is 6.16. The molecule has 224 valence electrons. The Balaban J connectivity index is 1.78. The fourth-order valence-corrected chi connectivity index (χ4v) is 11.3. The molecular formula is C34H34O7S2. The van der Waals surface area contributed by atoms with Crippen molar-refractivity contribution >= 4 is 19.7 Å². The highest BCUT2D eigenvalue weighted by Crippen LogP contribution is 2.58. The van der Waals surface area contributed by atoms with Crippen molar-refractivity contribution < 1.29 is 31.0 Å². The van der Waals surface area contributed by atoms with E-state index >= 15 is 0 Å². The van der Waals surface area contributed by atoms with Gasteiger partial charge in [0.15, 0.2) is 23.8 Å². The summed E-state index contributed by atoms with van der Waals surface area (Å²) in [6.07, 6.45) is -0.492. The highest BCUT2D eigenvalue weighted by atomic mass is 32.3. The van der Waals surface area contributed by atoms with E-state index in [0.717, 1.165) is 5.56 Å². The smallest absolute Gasteiger partial charge is 0.199 e. The zero-order chi connectivity index (χ0) is 30.8. The summed E-state index contributed by atoms with van der Waals surface area (Å²) in [6, 6.07) is 28.5. The highest BCUT2D eigenvalue weighted by molar-refractivity contribution is 8.10. The van der Waals surface area contributed by atoms with Crippen LogP contribution in [0.1, 0.15) is 29.9 Å². The molecule has 0 aliphatic heterocycles. The summed E-state index contributed by atoms with van der Waals surface area (Å²) in [4.78, 5) is -0.113. The number of sulfone groups is 2. The van der Waals surface area contributed by atoms with Gasteiger partial charge in [-0.3, -0.25) is 0 Å². The number of allylic oxidation sites excluding steroid dienone is 1. The molecule has 0 spiro atoms. The van der Waals surface area contributed by atoms with Crippen LogP contribution in [0.15, 0.2) is 125 Å². The molecule has 1 aliphatic carbocycles. The van der Waals surface area contributed by atoms with Crippen molar-refractivity contribution in [1.82, 2.24) is 0 Å². The van der Waals surface area contributed by atoms with Crippen LogP contribution < -0.4 is 14.2 Å². The van der Waals surface area contributed by atoms with E-state index in [1.165, 1.54) is 38.5 Å². The van der Waals surface area contributed by atoms with Gasteiger partial charge in [-0.2, -0.15) is 0 Å². The molecule has 0 unspecified atom stereocenters. The van der Waals surface area contributed by atoms with Gasteiger partial charge in [-0.25, -0.2) is 16.8 Å². The maximum atomic E-state index is 14.6. The number of rotatable bonds is 10. The quantitative estimate of drug-likeness (QED) is 0.188. The van der Waals surface area contributed by atoms with E-state index in [9.17, 15) is 16.8 Å². The second-order valence-corrected chi connectivity index (χ2v) is 15.3. The first-order valence-corrected chi connectivity index (χ1v) is 16.7. The lowest BCUT2D eigenvalue weighted by Gasteiger charge is -2.32. The summed E-state index contributed by atoms with van der Waals surface area (Å²) >= 11 is 0. The Kier molecular flexibility index (Phi) is 8.40. The number of hydrogen-bond acceptors (Lipinski definition) is 7. The highest BCUT2D eigenvalue weighted by Gasteiger charge is 2.62. The van der Waals surface area contributed by atoms with E-state index in [0.29, 0.717) is 28.4 Å².